The van der Waals surface area contributed by atoms with Crippen LogP contribution in [0.25, 0.3) is 16.7 Å². The quantitative estimate of drug-likeness (QED) is 0.388. The fourth-order valence-corrected chi connectivity index (χ4v) is 3.55. The van der Waals surface area contributed by atoms with Crippen molar-refractivity contribution < 1.29 is 9.72 Å². The van der Waals surface area contributed by atoms with Crippen LogP contribution in [-0.4, -0.2) is 25.4 Å². The van der Waals surface area contributed by atoms with Gasteiger partial charge < -0.3 is 5.32 Å². The van der Waals surface area contributed by atoms with Crippen molar-refractivity contribution >= 4 is 28.3 Å². The summed E-state index contributed by atoms with van der Waals surface area (Å²) in [7, 11) is 0. The van der Waals surface area contributed by atoms with Crippen LogP contribution in [0.5, 0.6) is 0 Å². The minimum absolute atomic E-state index is 0.0397. The molecule has 9 heteroatoms. The van der Waals surface area contributed by atoms with E-state index in [9.17, 15) is 19.7 Å². The third-order valence-electron chi connectivity index (χ3n) is 5.18. The van der Waals surface area contributed by atoms with Crippen molar-refractivity contribution in [2.24, 2.45) is 0 Å². The maximum atomic E-state index is 13.0. The molecule has 2 aromatic carbocycles. The number of carbonyl (C=O) groups excluding carboxylic acids is 1. The summed E-state index contributed by atoms with van der Waals surface area (Å²) in [6.07, 6.45) is 1.59. The molecular formula is C23H19N5O4. The number of aryl methyl sites for hydroxylation is 3. The lowest BCUT2D eigenvalue weighted by atomic mass is 10.1. The molecule has 0 aliphatic carbocycles. The predicted molar refractivity (Wildman–Crippen MR) is 120 cm³/mol. The molecule has 9 nitrogen and oxygen atoms in total. The van der Waals surface area contributed by atoms with Crippen LogP contribution in [0.1, 0.15) is 27.3 Å². The summed E-state index contributed by atoms with van der Waals surface area (Å²) in [4.78, 5) is 44.7. The minimum Gasteiger partial charge on any atom is -0.322 e. The van der Waals surface area contributed by atoms with Gasteiger partial charge in [0.15, 0.2) is 5.65 Å². The van der Waals surface area contributed by atoms with E-state index < -0.39 is 4.92 Å². The Kier molecular flexibility index (Phi) is 5.23. The molecule has 4 aromatic rings. The van der Waals surface area contributed by atoms with E-state index in [4.69, 9.17) is 0 Å². The minimum atomic E-state index is -0.485. The van der Waals surface area contributed by atoms with Crippen LogP contribution in [0, 0.1) is 30.9 Å². The van der Waals surface area contributed by atoms with E-state index >= 15 is 0 Å². The first-order chi connectivity index (χ1) is 15.3. The zero-order valence-corrected chi connectivity index (χ0v) is 17.6. The Hall–Kier alpha value is -4.40. The molecule has 1 amide bonds. The standard InChI is InChI=1S/C23H19N5O4/c1-13-12-17(27-15(3)25-21-18(23(27)30)5-4-10-24-21)7-8-19(13)26-22(29)16-6-9-20(28(31)32)14(2)11-16/h4-12H,1-3H3,(H,26,29). The zero-order valence-electron chi connectivity index (χ0n) is 17.6. The summed E-state index contributed by atoms with van der Waals surface area (Å²) in [5, 5.41) is 14.2. The molecule has 2 aromatic heterocycles. The van der Waals surface area contributed by atoms with Gasteiger partial charge in [0.1, 0.15) is 5.82 Å². The fraction of sp³-hybridized carbons (Fsp3) is 0.130. The molecule has 0 aliphatic heterocycles. The van der Waals surface area contributed by atoms with Gasteiger partial charge in [-0.2, -0.15) is 0 Å². The van der Waals surface area contributed by atoms with Crippen molar-refractivity contribution in [1.82, 2.24) is 14.5 Å². The van der Waals surface area contributed by atoms with Crippen LogP contribution >= 0.6 is 0 Å². The van der Waals surface area contributed by atoms with Crippen LogP contribution in [0.4, 0.5) is 11.4 Å². The van der Waals surface area contributed by atoms with Gasteiger partial charge in [-0.05, 0) is 68.8 Å². The predicted octanol–water partition coefficient (Wildman–Crippen LogP) is 3.87. The second-order valence-corrected chi connectivity index (χ2v) is 7.39. The summed E-state index contributed by atoms with van der Waals surface area (Å²) in [6, 6.07) is 12.8. The summed E-state index contributed by atoms with van der Waals surface area (Å²) in [5.74, 6) is 0.115. The topological polar surface area (TPSA) is 120 Å². The number of rotatable bonds is 4. The highest BCUT2D eigenvalue weighted by Gasteiger charge is 2.16. The monoisotopic (exact) mass is 429 g/mol. The molecule has 0 atom stereocenters. The SMILES string of the molecule is Cc1cc(-n2c(C)nc3ncccc3c2=O)ccc1NC(=O)c1ccc([N+](=O)[O-])c(C)c1. The Balaban J connectivity index is 1.66. The second kappa shape index (κ2) is 8.03. The van der Waals surface area contributed by atoms with Crippen molar-refractivity contribution in [3.8, 4) is 5.69 Å². The molecule has 0 spiro atoms. The van der Waals surface area contributed by atoms with Gasteiger partial charge in [-0.3, -0.25) is 24.3 Å². The number of benzene rings is 2. The molecule has 32 heavy (non-hydrogen) atoms. The van der Waals surface area contributed by atoms with E-state index in [1.807, 2.05) is 6.92 Å². The lowest BCUT2D eigenvalue weighted by molar-refractivity contribution is -0.385. The zero-order chi connectivity index (χ0) is 23.0. The number of anilines is 1. The normalized spacial score (nSPS) is 10.8. The van der Waals surface area contributed by atoms with Crippen LogP contribution in [0.2, 0.25) is 0 Å². The molecule has 160 valence electrons. The van der Waals surface area contributed by atoms with Gasteiger partial charge >= 0.3 is 0 Å². The van der Waals surface area contributed by atoms with Gasteiger partial charge in [-0.25, -0.2) is 9.97 Å². The summed E-state index contributed by atoms with van der Waals surface area (Å²) >= 11 is 0. The molecule has 4 rings (SSSR count). The van der Waals surface area contributed by atoms with Crippen molar-refractivity contribution in [3.05, 3.63) is 97.7 Å². The Morgan fingerprint density at radius 1 is 1.06 bits per heavy atom. The first kappa shape index (κ1) is 20.9. The Morgan fingerprint density at radius 2 is 1.84 bits per heavy atom. The molecule has 0 saturated heterocycles. The maximum absolute atomic E-state index is 13.0. The Morgan fingerprint density at radius 3 is 2.53 bits per heavy atom. The lowest BCUT2D eigenvalue weighted by Crippen LogP contribution is -2.23. The van der Waals surface area contributed by atoms with Crippen LogP contribution < -0.4 is 10.9 Å². The van der Waals surface area contributed by atoms with E-state index in [-0.39, 0.29) is 17.2 Å². The number of hydrogen-bond donors (Lipinski definition) is 1. The summed E-state index contributed by atoms with van der Waals surface area (Å²) in [5.41, 5.74) is 2.78. The van der Waals surface area contributed by atoms with Crippen LogP contribution in [0.15, 0.2) is 59.5 Å². The summed E-state index contributed by atoms with van der Waals surface area (Å²) < 4.78 is 1.50. The number of aromatic nitrogens is 3. The van der Waals surface area contributed by atoms with E-state index in [0.29, 0.717) is 39.4 Å². The van der Waals surface area contributed by atoms with E-state index in [1.54, 1.807) is 50.4 Å². The molecule has 0 aliphatic rings. The Labute approximate surface area is 182 Å². The van der Waals surface area contributed by atoms with Gasteiger partial charge in [0, 0.05) is 29.1 Å². The molecule has 0 unspecified atom stereocenters. The average Bonchev–Trinajstić information content (AvgIpc) is 2.75. The largest absolute Gasteiger partial charge is 0.322 e. The molecule has 1 N–H and O–H groups in total. The maximum Gasteiger partial charge on any atom is 0.272 e. The summed E-state index contributed by atoms with van der Waals surface area (Å²) in [6.45, 7) is 5.14. The highest BCUT2D eigenvalue weighted by atomic mass is 16.6. The molecule has 0 saturated carbocycles. The number of hydrogen-bond acceptors (Lipinski definition) is 6. The van der Waals surface area contributed by atoms with Gasteiger partial charge in [-0.1, -0.05) is 0 Å². The number of nitro benzene ring substituents is 1. The third kappa shape index (κ3) is 3.71. The van der Waals surface area contributed by atoms with E-state index in [0.717, 1.165) is 5.56 Å². The smallest absolute Gasteiger partial charge is 0.272 e. The molecular weight excluding hydrogens is 410 g/mol. The number of nitrogens with one attached hydrogen (secondary N) is 1. The molecule has 0 bridgehead atoms. The second-order valence-electron chi connectivity index (χ2n) is 7.39. The van der Waals surface area contributed by atoms with Crippen molar-refractivity contribution in [2.45, 2.75) is 20.8 Å². The molecule has 0 radical (unpaired) electrons. The number of nitrogens with zero attached hydrogens (tertiary/aromatic N) is 4. The number of carbonyl (C=O) groups is 1. The van der Waals surface area contributed by atoms with Gasteiger partial charge in [-0.15, -0.1) is 0 Å². The lowest BCUT2D eigenvalue weighted by Gasteiger charge is -2.14. The third-order valence-corrected chi connectivity index (χ3v) is 5.18. The van der Waals surface area contributed by atoms with Crippen molar-refractivity contribution in [1.29, 1.82) is 0 Å². The molecule has 0 fully saturated rings. The number of pyridine rings is 1. The molecule has 2 heterocycles. The van der Waals surface area contributed by atoms with Crippen LogP contribution in [-0.2, 0) is 0 Å². The first-order valence-corrected chi connectivity index (χ1v) is 9.78. The van der Waals surface area contributed by atoms with E-state index in [2.05, 4.69) is 15.3 Å². The van der Waals surface area contributed by atoms with Crippen molar-refractivity contribution in [3.63, 3.8) is 0 Å². The highest BCUT2D eigenvalue weighted by molar-refractivity contribution is 6.05. The fourth-order valence-electron chi connectivity index (χ4n) is 3.55. The number of nitro groups is 1. The van der Waals surface area contributed by atoms with Gasteiger partial charge in [0.25, 0.3) is 17.2 Å². The van der Waals surface area contributed by atoms with Gasteiger partial charge in [0.05, 0.1) is 16.0 Å². The average molecular weight is 429 g/mol. The van der Waals surface area contributed by atoms with E-state index in [1.165, 1.54) is 22.8 Å². The first-order valence-electron chi connectivity index (χ1n) is 9.78. The highest BCUT2D eigenvalue weighted by Crippen LogP contribution is 2.22. The number of amides is 1. The van der Waals surface area contributed by atoms with Crippen molar-refractivity contribution in [2.75, 3.05) is 5.32 Å². The van der Waals surface area contributed by atoms with Gasteiger partial charge in [0.2, 0.25) is 0 Å². The Bertz CT molecular complexity index is 1460. The number of fused-ring (bicyclic) bond motifs is 1. The van der Waals surface area contributed by atoms with Crippen LogP contribution in [0.3, 0.4) is 0 Å².